The molecule has 0 aliphatic carbocycles. The Labute approximate surface area is 66.3 Å². The molecular formula is C8H14N2O. The van der Waals surface area contributed by atoms with Gasteiger partial charge >= 0.3 is 0 Å². The molecule has 0 fully saturated rings. The van der Waals surface area contributed by atoms with Gasteiger partial charge in [0, 0.05) is 12.2 Å². The summed E-state index contributed by atoms with van der Waals surface area (Å²) < 4.78 is 0. The Bertz CT molecular complexity index is 202. The molecule has 3 nitrogen and oxygen atoms in total. The molecule has 0 radical (unpaired) electrons. The molecule has 0 saturated heterocycles. The number of anilines is 1. The lowest BCUT2D eigenvalue weighted by Gasteiger charge is -1.94. The number of hydrogen-bond donors (Lipinski definition) is 2. The second-order valence-electron chi connectivity index (χ2n) is 2.33. The van der Waals surface area contributed by atoms with E-state index in [0.29, 0.717) is 0 Å². The molecule has 0 amide bonds. The Balaban J connectivity index is 0.000000500. The summed E-state index contributed by atoms with van der Waals surface area (Å²) in [4.78, 5) is 0. The number of para-hydroxylation sites is 1. The van der Waals surface area contributed by atoms with Crippen molar-refractivity contribution < 1.29 is 5.48 Å². The van der Waals surface area contributed by atoms with Gasteiger partial charge in [0.15, 0.2) is 0 Å². The standard InChI is InChI=1S/C8H9N.H3N.H2O/c1-2-4-8-7(3-1)5-6-9-8;;/h1-4,9H,5-6H2;1H3;1H2. The van der Waals surface area contributed by atoms with Crippen molar-refractivity contribution in [2.45, 2.75) is 6.42 Å². The van der Waals surface area contributed by atoms with Crippen molar-refractivity contribution >= 4 is 5.69 Å². The first-order valence-electron chi connectivity index (χ1n) is 3.28. The van der Waals surface area contributed by atoms with Crippen LogP contribution in [-0.4, -0.2) is 12.0 Å². The maximum absolute atomic E-state index is 3.30. The smallest absolute Gasteiger partial charge is 0.0373 e. The van der Waals surface area contributed by atoms with Crippen LogP contribution in [0, 0.1) is 0 Å². The topological polar surface area (TPSA) is 78.5 Å². The van der Waals surface area contributed by atoms with Crippen molar-refractivity contribution in [3.63, 3.8) is 0 Å². The first kappa shape index (κ1) is 9.94. The van der Waals surface area contributed by atoms with Crippen molar-refractivity contribution in [1.29, 1.82) is 0 Å². The van der Waals surface area contributed by atoms with Crippen LogP contribution in [0.25, 0.3) is 0 Å². The average molecular weight is 154 g/mol. The van der Waals surface area contributed by atoms with E-state index in [0.717, 1.165) is 6.54 Å². The Kier molecular flexibility index (Phi) is 3.57. The third kappa shape index (κ3) is 1.69. The molecule has 0 aromatic heterocycles. The zero-order chi connectivity index (χ0) is 6.10. The highest BCUT2D eigenvalue weighted by Crippen LogP contribution is 2.19. The van der Waals surface area contributed by atoms with E-state index in [2.05, 4.69) is 29.6 Å². The zero-order valence-electron chi connectivity index (χ0n) is 6.43. The minimum absolute atomic E-state index is 0. The lowest BCUT2D eigenvalue weighted by Crippen LogP contribution is -1.90. The SMILES string of the molecule is N.O.c1ccc2c(c1)CCN2. The summed E-state index contributed by atoms with van der Waals surface area (Å²) in [5.74, 6) is 0. The molecule has 0 saturated carbocycles. The van der Waals surface area contributed by atoms with Gasteiger partial charge in [-0.25, -0.2) is 0 Å². The molecule has 0 bridgehead atoms. The van der Waals surface area contributed by atoms with Crippen LogP contribution >= 0.6 is 0 Å². The molecule has 0 spiro atoms. The maximum Gasteiger partial charge on any atom is 0.0373 e. The van der Waals surface area contributed by atoms with Crippen LogP contribution in [0.2, 0.25) is 0 Å². The van der Waals surface area contributed by atoms with Crippen molar-refractivity contribution in [2.24, 2.45) is 0 Å². The monoisotopic (exact) mass is 154 g/mol. The van der Waals surface area contributed by atoms with Gasteiger partial charge in [0.1, 0.15) is 0 Å². The second kappa shape index (κ2) is 3.95. The lowest BCUT2D eigenvalue weighted by atomic mass is 10.2. The van der Waals surface area contributed by atoms with E-state index in [1.807, 2.05) is 0 Å². The number of hydrogen-bond acceptors (Lipinski definition) is 2. The summed E-state index contributed by atoms with van der Waals surface area (Å²) >= 11 is 0. The van der Waals surface area contributed by atoms with E-state index >= 15 is 0 Å². The Morgan fingerprint density at radius 2 is 1.91 bits per heavy atom. The van der Waals surface area contributed by atoms with Crippen LogP contribution in [0.1, 0.15) is 5.56 Å². The van der Waals surface area contributed by atoms with Crippen molar-refractivity contribution in [3.05, 3.63) is 29.8 Å². The second-order valence-corrected chi connectivity index (χ2v) is 2.33. The third-order valence-corrected chi connectivity index (χ3v) is 1.73. The Morgan fingerprint density at radius 3 is 2.64 bits per heavy atom. The molecule has 1 heterocycles. The van der Waals surface area contributed by atoms with Gasteiger partial charge in [-0.05, 0) is 18.1 Å². The van der Waals surface area contributed by atoms with Gasteiger partial charge in [-0.3, -0.25) is 0 Å². The van der Waals surface area contributed by atoms with Crippen LogP contribution < -0.4 is 11.5 Å². The van der Waals surface area contributed by atoms with E-state index in [1.54, 1.807) is 0 Å². The van der Waals surface area contributed by atoms with Gasteiger partial charge in [-0.1, -0.05) is 18.2 Å². The Hall–Kier alpha value is -1.06. The molecule has 3 heteroatoms. The van der Waals surface area contributed by atoms with Gasteiger partial charge in [0.05, 0.1) is 0 Å². The van der Waals surface area contributed by atoms with E-state index in [9.17, 15) is 0 Å². The van der Waals surface area contributed by atoms with Crippen molar-refractivity contribution in [1.82, 2.24) is 6.15 Å². The predicted octanol–water partition coefficient (Wildman–Crippen LogP) is 0.992. The molecule has 6 N–H and O–H groups in total. The first-order valence-corrected chi connectivity index (χ1v) is 3.28. The molecule has 2 rings (SSSR count). The number of nitrogens with one attached hydrogen (secondary N) is 1. The predicted molar refractivity (Wildman–Crippen MR) is 47.3 cm³/mol. The highest BCUT2D eigenvalue weighted by Gasteiger charge is 2.05. The molecule has 0 unspecified atom stereocenters. The number of benzene rings is 1. The van der Waals surface area contributed by atoms with E-state index < -0.39 is 0 Å². The van der Waals surface area contributed by atoms with E-state index in [1.165, 1.54) is 17.7 Å². The summed E-state index contributed by atoms with van der Waals surface area (Å²) in [5, 5.41) is 3.30. The molecule has 62 valence electrons. The Morgan fingerprint density at radius 1 is 1.18 bits per heavy atom. The molecule has 1 aromatic rings. The highest BCUT2D eigenvalue weighted by molar-refractivity contribution is 5.54. The number of fused-ring (bicyclic) bond motifs is 1. The normalized spacial score (nSPS) is 12.0. The molecule has 11 heavy (non-hydrogen) atoms. The lowest BCUT2D eigenvalue weighted by molar-refractivity contribution is 0.824. The molecule has 1 aromatic carbocycles. The number of rotatable bonds is 0. The van der Waals surface area contributed by atoms with Gasteiger partial charge < -0.3 is 16.9 Å². The van der Waals surface area contributed by atoms with Crippen molar-refractivity contribution in [3.8, 4) is 0 Å². The van der Waals surface area contributed by atoms with Crippen molar-refractivity contribution in [2.75, 3.05) is 11.9 Å². The quantitative estimate of drug-likeness (QED) is 0.584. The van der Waals surface area contributed by atoms with Crippen LogP contribution in [0.5, 0.6) is 0 Å². The van der Waals surface area contributed by atoms with Crippen LogP contribution in [0.4, 0.5) is 5.69 Å². The maximum atomic E-state index is 3.30. The summed E-state index contributed by atoms with van der Waals surface area (Å²) in [7, 11) is 0. The fraction of sp³-hybridized carbons (Fsp3) is 0.250. The zero-order valence-corrected chi connectivity index (χ0v) is 6.43. The van der Waals surface area contributed by atoms with Crippen LogP contribution in [-0.2, 0) is 6.42 Å². The van der Waals surface area contributed by atoms with Gasteiger partial charge in [-0.2, -0.15) is 0 Å². The molecule has 1 aliphatic rings. The molecule has 1 aliphatic heterocycles. The van der Waals surface area contributed by atoms with E-state index in [-0.39, 0.29) is 11.6 Å². The average Bonchev–Trinajstić information content (AvgIpc) is 2.33. The fourth-order valence-corrected chi connectivity index (χ4v) is 1.24. The van der Waals surface area contributed by atoms with Gasteiger partial charge in [-0.15, -0.1) is 0 Å². The third-order valence-electron chi connectivity index (χ3n) is 1.73. The van der Waals surface area contributed by atoms with Gasteiger partial charge in [0.2, 0.25) is 0 Å². The largest absolute Gasteiger partial charge is 0.412 e. The van der Waals surface area contributed by atoms with Gasteiger partial charge in [0.25, 0.3) is 0 Å². The van der Waals surface area contributed by atoms with Crippen LogP contribution in [0.15, 0.2) is 24.3 Å². The fourth-order valence-electron chi connectivity index (χ4n) is 1.24. The summed E-state index contributed by atoms with van der Waals surface area (Å²) in [5.41, 5.74) is 2.77. The molecular weight excluding hydrogens is 140 g/mol. The minimum Gasteiger partial charge on any atom is -0.412 e. The minimum atomic E-state index is 0. The van der Waals surface area contributed by atoms with E-state index in [4.69, 9.17) is 0 Å². The molecule has 0 atom stereocenters. The first-order chi connectivity index (χ1) is 4.47. The summed E-state index contributed by atoms with van der Waals surface area (Å²) in [6.07, 6.45) is 1.19. The highest BCUT2D eigenvalue weighted by atomic mass is 16.0. The van der Waals surface area contributed by atoms with Crippen LogP contribution in [0.3, 0.4) is 0 Å². The summed E-state index contributed by atoms with van der Waals surface area (Å²) in [6, 6.07) is 8.46. The summed E-state index contributed by atoms with van der Waals surface area (Å²) in [6.45, 7) is 1.11.